The maximum absolute atomic E-state index is 12.5. The standard InChI is InChI=1S/C18H22N2O5S/c1-24-15-8-9-16(25-2)17(13-15)26(22,23)20-11-10-19-18(21)12-14-6-4-3-5-7-14/h3-9,13,20H,10-12H2,1-2H3,(H,19,21). The van der Waals surface area contributed by atoms with Crippen LogP contribution in [0.2, 0.25) is 0 Å². The summed E-state index contributed by atoms with van der Waals surface area (Å²) in [7, 11) is -0.953. The van der Waals surface area contributed by atoms with Crippen molar-refractivity contribution in [3.63, 3.8) is 0 Å². The lowest BCUT2D eigenvalue weighted by Gasteiger charge is -2.12. The highest BCUT2D eigenvalue weighted by molar-refractivity contribution is 7.89. The van der Waals surface area contributed by atoms with Gasteiger partial charge < -0.3 is 14.8 Å². The van der Waals surface area contributed by atoms with Crippen LogP contribution in [-0.2, 0) is 21.2 Å². The van der Waals surface area contributed by atoms with E-state index in [0.29, 0.717) is 5.75 Å². The van der Waals surface area contributed by atoms with E-state index in [1.54, 1.807) is 6.07 Å². The molecule has 0 saturated carbocycles. The Kier molecular flexibility index (Phi) is 6.99. The van der Waals surface area contributed by atoms with Gasteiger partial charge in [0.1, 0.15) is 16.4 Å². The lowest BCUT2D eigenvalue weighted by atomic mass is 10.1. The van der Waals surface area contributed by atoms with Gasteiger partial charge in [-0.2, -0.15) is 0 Å². The van der Waals surface area contributed by atoms with Crippen molar-refractivity contribution in [2.24, 2.45) is 0 Å². The largest absolute Gasteiger partial charge is 0.497 e. The molecule has 140 valence electrons. The molecule has 0 radical (unpaired) electrons. The Morgan fingerprint density at radius 3 is 2.38 bits per heavy atom. The van der Waals surface area contributed by atoms with Crippen LogP contribution in [-0.4, -0.2) is 41.6 Å². The number of benzene rings is 2. The molecule has 0 atom stereocenters. The zero-order chi connectivity index (χ0) is 19.0. The van der Waals surface area contributed by atoms with E-state index in [2.05, 4.69) is 10.0 Å². The van der Waals surface area contributed by atoms with Crippen molar-refractivity contribution in [1.29, 1.82) is 0 Å². The summed E-state index contributed by atoms with van der Waals surface area (Å²) in [6.45, 7) is 0.237. The number of methoxy groups -OCH3 is 2. The predicted molar refractivity (Wildman–Crippen MR) is 97.9 cm³/mol. The smallest absolute Gasteiger partial charge is 0.244 e. The van der Waals surface area contributed by atoms with Crippen LogP contribution in [0.15, 0.2) is 53.4 Å². The Balaban J connectivity index is 1.89. The van der Waals surface area contributed by atoms with Crippen molar-refractivity contribution in [1.82, 2.24) is 10.0 Å². The van der Waals surface area contributed by atoms with Crippen LogP contribution in [0, 0.1) is 0 Å². The van der Waals surface area contributed by atoms with E-state index in [4.69, 9.17) is 9.47 Å². The zero-order valence-electron chi connectivity index (χ0n) is 14.7. The minimum atomic E-state index is -3.80. The van der Waals surface area contributed by atoms with Crippen LogP contribution < -0.4 is 19.5 Å². The highest BCUT2D eigenvalue weighted by atomic mass is 32.2. The van der Waals surface area contributed by atoms with Crippen molar-refractivity contribution < 1.29 is 22.7 Å². The van der Waals surface area contributed by atoms with Crippen molar-refractivity contribution in [3.8, 4) is 11.5 Å². The second-order valence-corrected chi connectivity index (χ2v) is 7.16. The van der Waals surface area contributed by atoms with Crippen LogP contribution in [0.1, 0.15) is 5.56 Å². The number of hydrogen-bond acceptors (Lipinski definition) is 5. The number of sulfonamides is 1. The fourth-order valence-electron chi connectivity index (χ4n) is 2.30. The first-order valence-corrected chi connectivity index (χ1v) is 9.47. The molecule has 26 heavy (non-hydrogen) atoms. The highest BCUT2D eigenvalue weighted by Crippen LogP contribution is 2.27. The van der Waals surface area contributed by atoms with Gasteiger partial charge >= 0.3 is 0 Å². The molecule has 0 fully saturated rings. The Labute approximate surface area is 153 Å². The third-order valence-corrected chi connectivity index (χ3v) is 5.09. The Bertz CT molecular complexity index is 838. The topological polar surface area (TPSA) is 93.7 Å². The first kappa shape index (κ1) is 19.7. The zero-order valence-corrected chi connectivity index (χ0v) is 15.5. The summed E-state index contributed by atoms with van der Waals surface area (Å²) >= 11 is 0. The fraction of sp³-hybridized carbons (Fsp3) is 0.278. The minimum Gasteiger partial charge on any atom is -0.497 e. The summed E-state index contributed by atoms with van der Waals surface area (Å²) in [5.41, 5.74) is 0.895. The molecule has 0 saturated heterocycles. The molecular formula is C18H22N2O5S. The van der Waals surface area contributed by atoms with Crippen LogP contribution in [0.3, 0.4) is 0 Å². The first-order chi connectivity index (χ1) is 12.5. The number of ether oxygens (including phenoxy) is 2. The number of nitrogens with one attached hydrogen (secondary N) is 2. The van der Waals surface area contributed by atoms with Gasteiger partial charge in [0.05, 0.1) is 20.6 Å². The van der Waals surface area contributed by atoms with E-state index in [1.807, 2.05) is 30.3 Å². The van der Waals surface area contributed by atoms with Crippen molar-refractivity contribution in [2.75, 3.05) is 27.3 Å². The predicted octanol–water partition coefficient (Wildman–Crippen LogP) is 1.34. The van der Waals surface area contributed by atoms with Gasteiger partial charge in [-0.1, -0.05) is 30.3 Å². The molecule has 0 aliphatic rings. The van der Waals surface area contributed by atoms with Gasteiger partial charge in [-0.15, -0.1) is 0 Å². The molecule has 2 rings (SSSR count). The van der Waals surface area contributed by atoms with Crippen LogP contribution in [0.25, 0.3) is 0 Å². The van der Waals surface area contributed by atoms with Crippen LogP contribution in [0.4, 0.5) is 0 Å². The summed E-state index contributed by atoms with van der Waals surface area (Å²) < 4.78 is 37.5. The molecule has 0 unspecified atom stereocenters. The molecule has 0 aliphatic heterocycles. The van der Waals surface area contributed by atoms with E-state index in [9.17, 15) is 13.2 Å². The molecule has 2 aromatic rings. The summed E-state index contributed by atoms with van der Waals surface area (Å²) in [5, 5.41) is 2.68. The Morgan fingerprint density at radius 1 is 1.00 bits per heavy atom. The third-order valence-electron chi connectivity index (χ3n) is 3.61. The van der Waals surface area contributed by atoms with Crippen molar-refractivity contribution >= 4 is 15.9 Å². The normalized spacial score (nSPS) is 11.0. The van der Waals surface area contributed by atoms with E-state index in [0.717, 1.165) is 5.56 Å². The van der Waals surface area contributed by atoms with Gasteiger partial charge in [0.2, 0.25) is 15.9 Å². The Morgan fingerprint density at radius 2 is 1.73 bits per heavy atom. The van der Waals surface area contributed by atoms with Gasteiger partial charge in [-0.3, -0.25) is 4.79 Å². The Hall–Kier alpha value is -2.58. The number of rotatable bonds is 9. The molecule has 0 heterocycles. The van der Waals surface area contributed by atoms with Gasteiger partial charge in [0.25, 0.3) is 0 Å². The molecule has 0 aliphatic carbocycles. The fourth-order valence-corrected chi connectivity index (χ4v) is 3.52. The lowest BCUT2D eigenvalue weighted by molar-refractivity contribution is -0.120. The van der Waals surface area contributed by atoms with E-state index >= 15 is 0 Å². The monoisotopic (exact) mass is 378 g/mol. The molecule has 0 aromatic heterocycles. The van der Waals surface area contributed by atoms with Crippen molar-refractivity contribution in [3.05, 3.63) is 54.1 Å². The summed E-state index contributed by atoms with van der Waals surface area (Å²) in [6, 6.07) is 13.8. The van der Waals surface area contributed by atoms with Gasteiger partial charge in [0, 0.05) is 19.2 Å². The summed E-state index contributed by atoms with van der Waals surface area (Å²) in [5.74, 6) is 0.447. The minimum absolute atomic E-state index is 0.0186. The van der Waals surface area contributed by atoms with E-state index < -0.39 is 10.0 Å². The van der Waals surface area contributed by atoms with Gasteiger partial charge in [-0.25, -0.2) is 13.1 Å². The SMILES string of the molecule is COc1ccc(OC)c(S(=O)(=O)NCCNC(=O)Cc2ccccc2)c1. The number of carbonyl (C=O) groups is 1. The third kappa shape index (κ3) is 5.47. The number of carbonyl (C=O) groups excluding carboxylic acids is 1. The number of hydrogen-bond donors (Lipinski definition) is 2. The molecular weight excluding hydrogens is 356 g/mol. The van der Waals surface area contributed by atoms with Gasteiger partial charge in [-0.05, 0) is 17.7 Å². The summed E-state index contributed by atoms with van der Waals surface area (Å²) in [4.78, 5) is 11.8. The maximum Gasteiger partial charge on any atom is 0.244 e. The van der Waals surface area contributed by atoms with Gasteiger partial charge in [0.15, 0.2) is 0 Å². The van der Waals surface area contributed by atoms with Crippen molar-refractivity contribution in [2.45, 2.75) is 11.3 Å². The molecule has 0 spiro atoms. The molecule has 2 N–H and O–H groups in total. The molecule has 0 bridgehead atoms. The lowest BCUT2D eigenvalue weighted by Crippen LogP contribution is -2.35. The quantitative estimate of drug-likeness (QED) is 0.642. The highest BCUT2D eigenvalue weighted by Gasteiger charge is 2.20. The average Bonchev–Trinajstić information content (AvgIpc) is 2.65. The molecule has 2 aromatic carbocycles. The van der Waals surface area contributed by atoms with Crippen LogP contribution >= 0.6 is 0 Å². The molecule has 8 heteroatoms. The average molecular weight is 378 g/mol. The second kappa shape index (κ2) is 9.21. The number of amides is 1. The van der Waals surface area contributed by atoms with E-state index in [-0.39, 0.29) is 36.1 Å². The first-order valence-electron chi connectivity index (χ1n) is 7.98. The van der Waals surface area contributed by atoms with E-state index in [1.165, 1.54) is 26.4 Å². The summed E-state index contributed by atoms with van der Waals surface area (Å²) in [6.07, 6.45) is 0.247. The maximum atomic E-state index is 12.5. The second-order valence-electron chi connectivity index (χ2n) is 5.43. The molecule has 1 amide bonds. The van der Waals surface area contributed by atoms with Crippen LogP contribution in [0.5, 0.6) is 11.5 Å². The molecule has 7 nitrogen and oxygen atoms in total.